The topological polar surface area (TPSA) is 89.2 Å². The van der Waals surface area contributed by atoms with E-state index in [-0.39, 0.29) is 29.9 Å². The summed E-state index contributed by atoms with van der Waals surface area (Å²) >= 11 is 0. The summed E-state index contributed by atoms with van der Waals surface area (Å²) in [6.07, 6.45) is 1.26. The zero-order chi connectivity index (χ0) is 13.9. The summed E-state index contributed by atoms with van der Waals surface area (Å²) in [4.78, 5) is 17.4. The number of nitrogens with one attached hydrogen (secondary N) is 1. The maximum Gasteiger partial charge on any atom is 0.307 e. The number of ether oxygens (including phenoxy) is 2. The van der Waals surface area contributed by atoms with E-state index < -0.39 is 0 Å². The van der Waals surface area contributed by atoms with Crippen LogP contribution in [0.1, 0.15) is 12.8 Å². The maximum absolute atomic E-state index is 10.9. The third-order valence-corrected chi connectivity index (χ3v) is 2.88. The summed E-state index contributed by atoms with van der Waals surface area (Å²) in [7, 11) is 1.37. The average molecular weight is 400 g/mol. The maximum atomic E-state index is 10.9. The molecule has 1 rings (SSSR count). The highest BCUT2D eigenvalue weighted by atomic mass is 127. The molecule has 1 heterocycles. The van der Waals surface area contributed by atoms with Gasteiger partial charge >= 0.3 is 5.97 Å². The van der Waals surface area contributed by atoms with Gasteiger partial charge in [-0.2, -0.15) is 0 Å². The zero-order valence-electron chi connectivity index (χ0n) is 12.0. The van der Waals surface area contributed by atoms with Gasteiger partial charge in [0, 0.05) is 32.7 Å². The summed E-state index contributed by atoms with van der Waals surface area (Å²) in [5.41, 5.74) is 5.67. The van der Waals surface area contributed by atoms with Crippen LogP contribution in [0.25, 0.3) is 0 Å². The predicted molar refractivity (Wildman–Crippen MR) is 88.4 cm³/mol. The van der Waals surface area contributed by atoms with E-state index in [0.29, 0.717) is 25.5 Å². The van der Waals surface area contributed by atoms with Crippen LogP contribution in [0.5, 0.6) is 0 Å². The number of hydrogen-bond donors (Lipinski definition) is 2. The highest BCUT2D eigenvalue weighted by Crippen LogP contribution is 1.97. The van der Waals surface area contributed by atoms with Gasteiger partial charge in [-0.25, -0.2) is 0 Å². The third-order valence-electron chi connectivity index (χ3n) is 2.88. The third kappa shape index (κ3) is 9.32. The van der Waals surface area contributed by atoms with E-state index in [1.165, 1.54) is 7.11 Å². The molecule has 118 valence electrons. The zero-order valence-corrected chi connectivity index (χ0v) is 14.3. The standard InChI is InChI=1S/C12H24N4O3.HI/c1-18-11(17)3-5-15-12(13)14-4-2-6-16-7-9-19-10-8-16;/h2-10H2,1H3,(H3,13,14,15);1H. The lowest BCUT2D eigenvalue weighted by Gasteiger charge is -2.26. The Bertz CT molecular complexity index is 296. The Balaban J connectivity index is 0.00000361. The van der Waals surface area contributed by atoms with Gasteiger partial charge in [0.25, 0.3) is 0 Å². The van der Waals surface area contributed by atoms with Gasteiger partial charge in [-0.15, -0.1) is 24.0 Å². The molecule has 0 unspecified atom stereocenters. The predicted octanol–water partition coefficient (Wildman–Crippen LogP) is -0.206. The molecule has 1 aliphatic rings. The fourth-order valence-corrected chi connectivity index (χ4v) is 1.77. The van der Waals surface area contributed by atoms with E-state index in [0.717, 1.165) is 39.3 Å². The number of rotatable bonds is 7. The molecule has 0 aromatic heterocycles. The first-order valence-corrected chi connectivity index (χ1v) is 6.63. The lowest BCUT2D eigenvalue weighted by Crippen LogP contribution is -2.37. The number of halogens is 1. The molecular weight excluding hydrogens is 375 g/mol. The Hall–Kier alpha value is -0.610. The van der Waals surface area contributed by atoms with Crippen LogP contribution >= 0.6 is 24.0 Å². The van der Waals surface area contributed by atoms with E-state index in [1.54, 1.807) is 0 Å². The van der Waals surface area contributed by atoms with Gasteiger partial charge in [0.05, 0.1) is 26.7 Å². The molecule has 0 aromatic carbocycles. The van der Waals surface area contributed by atoms with Crippen LogP contribution in [0.4, 0.5) is 0 Å². The first kappa shape index (κ1) is 19.4. The first-order chi connectivity index (χ1) is 9.22. The molecule has 1 fully saturated rings. The van der Waals surface area contributed by atoms with E-state index in [9.17, 15) is 4.79 Å². The molecule has 8 heteroatoms. The van der Waals surface area contributed by atoms with Gasteiger partial charge in [-0.3, -0.25) is 14.7 Å². The average Bonchev–Trinajstić information content (AvgIpc) is 2.44. The smallest absolute Gasteiger partial charge is 0.307 e. The minimum absolute atomic E-state index is 0. The summed E-state index contributed by atoms with van der Waals surface area (Å²) in [6.45, 7) is 5.79. The molecule has 20 heavy (non-hydrogen) atoms. The molecule has 3 N–H and O–H groups in total. The molecule has 0 saturated carbocycles. The van der Waals surface area contributed by atoms with Crippen molar-refractivity contribution >= 4 is 35.9 Å². The molecule has 7 nitrogen and oxygen atoms in total. The number of nitrogens with zero attached hydrogens (tertiary/aromatic N) is 2. The van der Waals surface area contributed by atoms with Crippen molar-refractivity contribution in [3.63, 3.8) is 0 Å². The molecule has 0 atom stereocenters. The van der Waals surface area contributed by atoms with Crippen LogP contribution in [0.15, 0.2) is 4.99 Å². The van der Waals surface area contributed by atoms with Gasteiger partial charge < -0.3 is 20.5 Å². The monoisotopic (exact) mass is 400 g/mol. The Morgan fingerprint density at radius 3 is 2.80 bits per heavy atom. The lowest BCUT2D eigenvalue weighted by molar-refractivity contribution is -0.140. The first-order valence-electron chi connectivity index (χ1n) is 6.63. The molecule has 0 spiro atoms. The fourth-order valence-electron chi connectivity index (χ4n) is 1.77. The van der Waals surface area contributed by atoms with Crippen molar-refractivity contribution in [1.82, 2.24) is 10.2 Å². The van der Waals surface area contributed by atoms with Gasteiger partial charge in [0.1, 0.15) is 0 Å². The van der Waals surface area contributed by atoms with E-state index >= 15 is 0 Å². The van der Waals surface area contributed by atoms with Crippen molar-refractivity contribution < 1.29 is 14.3 Å². The normalized spacial score (nSPS) is 16.4. The number of nitrogens with two attached hydrogens (primary N) is 1. The quantitative estimate of drug-likeness (QED) is 0.202. The van der Waals surface area contributed by atoms with Gasteiger partial charge in [-0.05, 0) is 6.42 Å². The Kier molecular flexibility index (Phi) is 11.8. The molecule has 0 aromatic rings. The highest BCUT2D eigenvalue weighted by Gasteiger charge is 2.08. The van der Waals surface area contributed by atoms with Crippen LogP contribution in [0, 0.1) is 0 Å². The Morgan fingerprint density at radius 1 is 1.45 bits per heavy atom. The van der Waals surface area contributed by atoms with Crippen molar-refractivity contribution in [2.45, 2.75) is 12.8 Å². The Labute approximate surface area is 137 Å². The number of carbonyl (C=O) groups excluding carboxylic acids is 1. The van der Waals surface area contributed by atoms with Crippen LogP contribution in [0.2, 0.25) is 0 Å². The molecule has 0 aliphatic carbocycles. The number of esters is 1. The van der Waals surface area contributed by atoms with Crippen molar-refractivity contribution in [1.29, 1.82) is 0 Å². The Morgan fingerprint density at radius 2 is 2.15 bits per heavy atom. The fraction of sp³-hybridized carbons (Fsp3) is 0.833. The van der Waals surface area contributed by atoms with Gasteiger partial charge in [0.2, 0.25) is 0 Å². The summed E-state index contributed by atoms with van der Waals surface area (Å²) in [6, 6.07) is 0. The molecular formula is C12H25IN4O3. The SMILES string of the molecule is COC(=O)CCNC(N)=NCCCN1CCOCC1.I. The van der Waals surface area contributed by atoms with Crippen molar-refractivity contribution in [2.24, 2.45) is 10.7 Å². The number of methoxy groups -OCH3 is 1. The minimum atomic E-state index is -0.257. The summed E-state index contributed by atoms with van der Waals surface area (Å²) in [5, 5.41) is 2.88. The number of morpholine rings is 1. The number of carbonyl (C=O) groups is 1. The van der Waals surface area contributed by atoms with E-state index in [1.807, 2.05) is 0 Å². The molecule has 0 bridgehead atoms. The highest BCUT2D eigenvalue weighted by molar-refractivity contribution is 14.0. The van der Waals surface area contributed by atoms with Crippen LogP contribution in [0.3, 0.4) is 0 Å². The second-order valence-electron chi connectivity index (χ2n) is 4.33. The van der Waals surface area contributed by atoms with E-state index in [4.69, 9.17) is 10.5 Å². The van der Waals surface area contributed by atoms with Gasteiger partial charge in [0.15, 0.2) is 5.96 Å². The molecule has 0 radical (unpaired) electrons. The lowest BCUT2D eigenvalue weighted by atomic mass is 10.3. The van der Waals surface area contributed by atoms with Crippen molar-refractivity contribution in [3.05, 3.63) is 0 Å². The summed E-state index contributed by atoms with van der Waals surface area (Å²) < 4.78 is 9.80. The number of aliphatic imine (C=N–C) groups is 1. The molecule has 1 saturated heterocycles. The molecule has 1 aliphatic heterocycles. The number of guanidine groups is 1. The largest absolute Gasteiger partial charge is 0.469 e. The van der Waals surface area contributed by atoms with Crippen LogP contribution < -0.4 is 11.1 Å². The van der Waals surface area contributed by atoms with Gasteiger partial charge in [-0.1, -0.05) is 0 Å². The molecule has 0 amide bonds. The minimum Gasteiger partial charge on any atom is -0.469 e. The summed E-state index contributed by atoms with van der Waals surface area (Å²) in [5.74, 6) is 0.124. The second kappa shape index (κ2) is 12.2. The van der Waals surface area contributed by atoms with Crippen molar-refractivity contribution in [3.8, 4) is 0 Å². The van der Waals surface area contributed by atoms with Crippen LogP contribution in [-0.2, 0) is 14.3 Å². The van der Waals surface area contributed by atoms with Crippen molar-refractivity contribution in [2.75, 3.05) is 53.0 Å². The van der Waals surface area contributed by atoms with Crippen LogP contribution in [-0.4, -0.2) is 69.9 Å². The number of hydrogen-bond acceptors (Lipinski definition) is 5. The second-order valence-corrected chi connectivity index (χ2v) is 4.33. The van der Waals surface area contributed by atoms with E-state index in [2.05, 4.69) is 19.9 Å².